The van der Waals surface area contributed by atoms with Crippen LogP contribution in [0.4, 0.5) is 4.79 Å². The van der Waals surface area contributed by atoms with E-state index in [1.54, 1.807) is 0 Å². The van der Waals surface area contributed by atoms with E-state index < -0.39 is 0 Å². The molecule has 2 amide bonds. The van der Waals surface area contributed by atoms with Gasteiger partial charge in [-0.15, -0.1) is 12.4 Å². The van der Waals surface area contributed by atoms with Crippen LogP contribution in [0.2, 0.25) is 0 Å². The maximum absolute atomic E-state index is 11.4. The lowest BCUT2D eigenvalue weighted by atomic mass is 10.3. The van der Waals surface area contributed by atoms with Crippen molar-refractivity contribution in [3.05, 3.63) is 0 Å². The van der Waals surface area contributed by atoms with Crippen molar-refractivity contribution in [1.29, 1.82) is 0 Å². The van der Waals surface area contributed by atoms with E-state index in [9.17, 15) is 9.59 Å². The number of nitrogens with one attached hydrogen (secondary N) is 3. The van der Waals surface area contributed by atoms with E-state index >= 15 is 0 Å². The summed E-state index contributed by atoms with van der Waals surface area (Å²) in [5.41, 5.74) is 0. The van der Waals surface area contributed by atoms with Gasteiger partial charge in [-0.05, 0) is 6.54 Å². The average molecular weight is 254 g/mol. The Morgan fingerprint density at radius 3 is 2.87 bits per heavy atom. The Morgan fingerprint density at radius 2 is 2.33 bits per heavy atom. The molecule has 0 aromatic heterocycles. The minimum atomic E-state index is -0.353. The van der Waals surface area contributed by atoms with Gasteiger partial charge in [0.25, 0.3) is 5.24 Å². The van der Waals surface area contributed by atoms with E-state index in [1.807, 2.05) is 6.92 Å². The minimum absolute atomic E-state index is 0. The highest BCUT2D eigenvalue weighted by Crippen LogP contribution is 2.12. The van der Waals surface area contributed by atoms with Gasteiger partial charge in [-0.2, -0.15) is 0 Å². The third-order valence-corrected chi connectivity index (χ3v) is 2.72. The van der Waals surface area contributed by atoms with Gasteiger partial charge >= 0.3 is 0 Å². The maximum Gasteiger partial charge on any atom is 0.279 e. The van der Waals surface area contributed by atoms with E-state index in [4.69, 9.17) is 0 Å². The fourth-order valence-electron chi connectivity index (χ4n) is 1.10. The number of amides is 2. The molecule has 3 N–H and O–H groups in total. The first-order chi connectivity index (χ1) is 6.74. The molecule has 0 saturated carbocycles. The molecule has 1 aliphatic heterocycles. The molecule has 0 bridgehead atoms. The molecule has 1 heterocycles. The van der Waals surface area contributed by atoms with Gasteiger partial charge in [0, 0.05) is 18.8 Å². The summed E-state index contributed by atoms with van der Waals surface area (Å²) in [5, 5.41) is 8.32. The Morgan fingerprint density at radius 1 is 1.60 bits per heavy atom. The molecule has 1 rings (SSSR count). The van der Waals surface area contributed by atoms with Gasteiger partial charge in [0.05, 0.1) is 0 Å². The Hall–Kier alpha value is -0.460. The standard InChI is InChI=1S/C8H15N3O2S.ClH/c1-2-9-3-4-10-7(12)6-5-14-8(13)11-6;/h6,9H,2-5H2,1H3,(H,10,12)(H,11,13);1H/t6-;/m0./s1. The zero-order valence-corrected chi connectivity index (χ0v) is 10.2. The lowest BCUT2D eigenvalue weighted by Gasteiger charge is -2.09. The lowest BCUT2D eigenvalue weighted by Crippen LogP contribution is -2.44. The number of hydrogen-bond donors (Lipinski definition) is 3. The summed E-state index contributed by atoms with van der Waals surface area (Å²) >= 11 is 1.15. The molecule has 7 heteroatoms. The zero-order valence-electron chi connectivity index (χ0n) is 8.54. The quantitative estimate of drug-likeness (QED) is 0.602. The molecule has 15 heavy (non-hydrogen) atoms. The SMILES string of the molecule is CCNCCNC(=O)[C@@H]1CSC(=O)N1.Cl. The normalized spacial score (nSPS) is 19.3. The Labute approximate surface area is 99.5 Å². The first kappa shape index (κ1) is 14.5. The fourth-order valence-corrected chi connectivity index (χ4v) is 1.88. The van der Waals surface area contributed by atoms with Crippen LogP contribution < -0.4 is 16.0 Å². The highest BCUT2D eigenvalue weighted by atomic mass is 35.5. The van der Waals surface area contributed by atoms with Gasteiger partial charge in [-0.25, -0.2) is 0 Å². The average Bonchev–Trinajstić information content (AvgIpc) is 2.59. The maximum atomic E-state index is 11.4. The Kier molecular flexibility index (Phi) is 7.54. The number of thioether (sulfide) groups is 1. The topological polar surface area (TPSA) is 70.2 Å². The molecule has 0 aliphatic carbocycles. The van der Waals surface area contributed by atoms with E-state index in [2.05, 4.69) is 16.0 Å². The first-order valence-electron chi connectivity index (χ1n) is 4.65. The fraction of sp³-hybridized carbons (Fsp3) is 0.750. The van der Waals surface area contributed by atoms with Crippen LogP contribution in [-0.2, 0) is 4.79 Å². The highest BCUT2D eigenvalue weighted by Gasteiger charge is 2.27. The second kappa shape index (κ2) is 7.78. The Balaban J connectivity index is 0.00000196. The van der Waals surface area contributed by atoms with Crippen molar-refractivity contribution in [2.45, 2.75) is 13.0 Å². The van der Waals surface area contributed by atoms with Crippen LogP contribution in [0.5, 0.6) is 0 Å². The molecule has 0 spiro atoms. The molecule has 5 nitrogen and oxygen atoms in total. The summed E-state index contributed by atoms with van der Waals surface area (Å²) in [6, 6.07) is -0.353. The van der Waals surface area contributed by atoms with Crippen molar-refractivity contribution in [3.63, 3.8) is 0 Å². The van der Waals surface area contributed by atoms with Crippen molar-refractivity contribution >= 4 is 35.3 Å². The van der Waals surface area contributed by atoms with Crippen LogP contribution in [0.25, 0.3) is 0 Å². The molecule has 88 valence electrons. The summed E-state index contributed by atoms with van der Waals surface area (Å²) in [6.45, 7) is 4.27. The molecule has 1 aliphatic rings. The van der Waals surface area contributed by atoms with Crippen molar-refractivity contribution < 1.29 is 9.59 Å². The summed E-state index contributed by atoms with van der Waals surface area (Å²) in [7, 11) is 0. The molecule has 0 aromatic rings. The highest BCUT2D eigenvalue weighted by molar-refractivity contribution is 8.14. The van der Waals surface area contributed by atoms with Crippen molar-refractivity contribution in [3.8, 4) is 0 Å². The van der Waals surface area contributed by atoms with Gasteiger partial charge in [0.2, 0.25) is 5.91 Å². The first-order valence-corrected chi connectivity index (χ1v) is 5.64. The van der Waals surface area contributed by atoms with Crippen molar-refractivity contribution in [2.75, 3.05) is 25.4 Å². The van der Waals surface area contributed by atoms with Crippen LogP contribution in [0.1, 0.15) is 6.92 Å². The third-order valence-electron chi connectivity index (χ3n) is 1.84. The number of halogens is 1. The number of rotatable bonds is 5. The minimum Gasteiger partial charge on any atom is -0.353 e. The van der Waals surface area contributed by atoms with Crippen molar-refractivity contribution in [2.24, 2.45) is 0 Å². The van der Waals surface area contributed by atoms with Crippen LogP contribution in [-0.4, -0.2) is 42.6 Å². The van der Waals surface area contributed by atoms with Gasteiger partial charge in [-0.1, -0.05) is 18.7 Å². The lowest BCUT2D eigenvalue weighted by molar-refractivity contribution is -0.122. The second-order valence-electron chi connectivity index (χ2n) is 2.94. The number of carbonyl (C=O) groups excluding carboxylic acids is 2. The van der Waals surface area contributed by atoms with Crippen LogP contribution in [0.15, 0.2) is 0 Å². The van der Waals surface area contributed by atoms with E-state index in [1.165, 1.54) is 0 Å². The molecule has 1 fully saturated rings. The molecule has 0 radical (unpaired) electrons. The summed E-state index contributed by atoms with van der Waals surface area (Å²) in [6.07, 6.45) is 0. The largest absolute Gasteiger partial charge is 0.353 e. The van der Waals surface area contributed by atoms with E-state index in [0.29, 0.717) is 12.3 Å². The monoisotopic (exact) mass is 253 g/mol. The molecule has 0 unspecified atom stereocenters. The number of likely N-dealkylation sites (N-methyl/N-ethyl adjacent to an activating group) is 1. The molecular weight excluding hydrogens is 238 g/mol. The van der Waals surface area contributed by atoms with Gasteiger partial charge < -0.3 is 16.0 Å². The molecule has 1 atom stereocenters. The number of carbonyl (C=O) groups is 2. The summed E-state index contributed by atoms with van der Waals surface area (Å²) in [4.78, 5) is 22.2. The second-order valence-corrected chi connectivity index (χ2v) is 3.93. The van der Waals surface area contributed by atoms with Gasteiger partial charge in [0.1, 0.15) is 6.04 Å². The number of hydrogen-bond acceptors (Lipinski definition) is 4. The Bertz CT molecular complexity index is 228. The molecule has 1 saturated heterocycles. The molecule has 0 aromatic carbocycles. The predicted octanol–water partition coefficient (Wildman–Crippen LogP) is -0.0411. The van der Waals surface area contributed by atoms with Crippen molar-refractivity contribution in [1.82, 2.24) is 16.0 Å². The van der Waals surface area contributed by atoms with Crippen LogP contribution in [0.3, 0.4) is 0 Å². The third kappa shape index (κ3) is 5.25. The summed E-state index contributed by atoms with van der Waals surface area (Å²) in [5.74, 6) is 0.438. The summed E-state index contributed by atoms with van der Waals surface area (Å²) < 4.78 is 0. The van der Waals surface area contributed by atoms with Crippen LogP contribution in [0, 0.1) is 0 Å². The van der Waals surface area contributed by atoms with Crippen LogP contribution >= 0.6 is 24.2 Å². The predicted molar refractivity (Wildman–Crippen MR) is 63.6 cm³/mol. The molecular formula is C8H16ClN3O2S. The smallest absolute Gasteiger partial charge is 0.279 e. The zero-order chi connectivity index (χ0) is 10.4. The van der Waals surface area contributed by atoms with Gasteiger partial charge in [0.15, 0.2) is 0 Å². The van der Waals surface area contributed by atoms with E-state index in [-0.39, 0.29) is 29.6 Å². The van der Waals surface area contributed by atoms with E-state index in [0.717, 1.165) is 24.9 Å². The van der Waals surface area contributed by atoms with Gasteiger partial charge in [-0.3, -0.25) is 9.59 Å².